The Morgan fingerprint density at radius 2 is 1.80 bits per heavy atom. The van der Waals surface area contributed by atoms with Gasteiger partial charge >= 0.3 is 0 Å². The van der Waals surface area contributed by atoms with E-state index >= 15 is 0 Å². The Morgan fingerprint density at radius 3 is 2.40 bits per heavy atom. The summed E-state index contributed by atoms with van der Waals surface area (Å²) >= 11 is 0. The molecular formula is C14H14FNO3S. The smallest absolute Gasteiger partial charge is 0.182 e. The molecule has 2 aromatic rings. The topological polar surface area (TPSA) is 69.4 Å². The quantitative estimate of drug-likeness (QED) is 0.694. The van der Waals surface area contributed by atoms with Crippen LogP contribution < -0.4 is 10.5 Å². The van der Waals surface area contributed by atoms with Crippen molar-refractivity contribution >= 4 is 15.5 Å². The summed E-state index contributed by atoms with van der Waals surface area (Å²) in [6.45, 7) is 0. The van der Waals surface area contributed by atoms with Gasteiger partial charge in [0, 0.05) is 17.3 Å². The van der Waals surface area contributed by atoms with Gasteiger partial charge in [-0.3, -0.25) is 0 Å². The van der Waals surface area contributed by atoms with E-state index in [0.717, 1.165) is 12.1 Å². The van der Waals surface area contributed by atoms with Crippen LogP contribution in [0.4, 0.5) is 10.1 Å². The Hall–Kier alpha value is -2.08. The molecule has 0 spiro atoms. The minimum Gasteiger partial charge on any atom is -0.496 e. The van der Waals surface area contributed by atoms with Gasteiger partial charge in [0.2, 0.25) is 0 Å². The second kappa shape index (κ2) is 5.50. The molecule has 4 nitrogen and oxygen atoms in total. The number of halogens is 1. The van der Waals surface area contributed by atoms with Gasteiger partial charge in [0.05, 0.1) is 17.8 Å². The summed E-state index contributed by atoms with van der Waals surface area (Å²) < 4.78 is 42.5. The maximum atomic E-state index is 12.8. The average molecular weight is 295 g/mol. The number of anilines is 1. The molecule has 0 aliphatic heterocycles. The molecule has 0 amide bonds. The van der Waals surface area contributed by atoms with Crippen LogP contribution in [-0.2, 0) is 15.6 Å². The number of hydrogen-bond donors (Lipinski definition) is 1. The van der Waals surface area contributed by atoms with Gasteiger partial charge in [-0.1, -0.05) is 6.07 Å². The van der Waals surface area contributed by atoms with Crippen LogP contribution in [0.3, 0.4) is 0 Å². The monoisotopic (exact) mass is 295 g/mol. The van der Waals surface area contributed by atoms with E-state index in [4.69, 9.17) is 10.5 Å². The maximum Gasteiger partial charge on any atom is 0.182 e. The van der Waals surface area contributed by atoms with Crippen molar-refractivity contribution in [3.8, 4) is 5.75 Å². The SMILES string of the molecule is COc1cc(N)ccc1CS(=O)(=O)c1ccc(F)cc1. The predicted molar refractivity (Wildman–Crippen MR) is 74.7 cm³/mol. The van der Waals surface area contributed by atoms with Gasteiger partial charge in [-0.2, -0.15) is 0 Å². The fourth-order valence-electron chi connectivity index (χ4n) is 1.81. The molecule has 0 saturated carbocycles. The van der Waals surface area contributed by atoms with E-state index in [2.05, 4.69) is 0 Å². The third-order valence-electron chi connectivity index (χ3n) is 2.83. The van der Waals surface area contributed by atoms with Gasteiger partial charge in [-0.15, -0.1) is 0 Å². The fraction of sp³-hybridized carbons (Fsp3) is 0.143. The van der Waals surface area contributed by atoms with E-state index in [1.54, 1.807) is 18.2 Å². The van der Waals surface area contributed by atoms with Crippen molar-refractivity contribution in [2.45, 2.75) is 10.6 Å². The number of hydrogen-bond acceptors (Lipinski definition) is 4. The Labute approximate surface area is 116 Å². The second-order valence-corrected chi connectivity index (χ2v) is 6.27. The number of benzene rings is 2. The van der Waals surface area contributed by atoms with Gasteiger partial charge in [0.15, 0.2) is 9.84 Å². The van der Waals surface area contributed by atoms with Crippen LogP contribution in [0.5, 0.6) is 5.75 Å². The molecule has 2 aromatic carbocycles. The number of nitrogens with two attached hydrogens (primary N) is 1. The lowest BCUT2D eigenvalue weighted by Crippen LogP contribution is -2.06. The molecule has 0 bridgehead atoms. The van der Waals surface area contributed by atoms with Crippen LogP contribution in [-0.4, -0.2) is 15.5 Å². The van der Waals surface area contributed by atoms with Crippen LogP contribution >= 0.6 is 0 Å². The number of sulfone groups is 1. The second-order valence-electron chi connectivity index (χ2n) is 4.28. The van der Waals surface area contributed by atoms with Crippen molar-refractivity contribution in [1.29, 1.82) is 0 Å². The molecule has 0 radical (unpaired) electrons. The van der Waals surface area contributed by atoms with E-state index in [1.807, 2.05) is 0 Å². The van der Waals surface area contributed by atoms with E-state index in [9.17, 15) is 12.8 Å². The normalized spacial score (nSPS) is 11.3. The summed E-state index contributed by atoms with van der Waals surface area (Å²) in [6, 6.07) is 9.51. The number of rotatable bonds is 4. The average Bonchev–Trinajstić information content (AvgIpc) is 2.41. The largest absolute Gasteiger partial charge is 0.496 e. The van der Waals surface area contributed by atoms with E-state index in [0.29, 0.717) is 17.0 Å². The summed E-state index contributed by atoms with van der Waals surface area (Å²) in [5.41, 5.74) is 6.62. The zero-order valence-electron chi connectivity index (χ0n) is 10.8. The first kappa shape index (κ1) is 14.3. The highest BCUT2D eigenvalue weighted by atomic mass is 32.2. The molecule has 106 valence electrons. The molecule has 20 heavy (non-hydrogen) atoms. The zero-order chi connectivity index (χ0) is 14.8. The molecule has 0 fully saturated rings. The molecule has 0 heterocycles. The minimum absolute atomic E-state index is 0.0674. The molecule has 0 saturated heterocycles. The highest BCUT2D eigenvalue weighted by Gasteiger charge is 2.18. The van der Waals surface area contributed by atoms with Crippen LogP contribution in [0.1, 0.15) is 5.56 Å². The predicted octanol–water partition coefficient (Wildman–Crippen LogP) is 2.39. The first-order valence-corrected chi connectivity index (χ1v) is 7.48. The molecule has 6 heteroatoms. The van der Waals surface area contributed by atoms with E-state index in [-0.39, 0.29) is 10.6 Å². The Morgan fingerprint density at radius 1 is 1.15 bits per heavy atom. The van der Waals surface area contributed by atoms with Gasteiger partial charge in [0.25, 0.3) is 0 Å². The summed E-state index contributed by atoms with van der Waals surface area (Å²) in [5.74, 6) is -0.299. The van der Waals surface area contributed by atoms with E-state index < -0.39 is 15.7 Å². The summed E-state index contributed by atoms with van der Waals surface area (Å²) in [5, 5.41) is 0. The maximum absolute atomic E-state index is 12.8. The first-order chi connectivity index (χ1) is 9.42. The standard InChI is InChI=1S/C14H14FNO3S/c1-19-14-8-12(16)5-2-10(14)9-20(17,18)13-6-3-11(15)4-7-13/h2-8H,9,16H2,1H3. The Balaban J connectivity index is 2.35. The molecule has 0 aromatic heterocycles. The fourth-order valence-corrected chi connectivity index (χ4v) is 3.18. The number of nitrogen functional groups attached to an aromatic ring is 1. The molecule has 2 rings (SSSR count). The molecule has 0 aliphatic rings. The first-order valence-electron chi connectivity index (χ1n) is 5.83. The Kier molecular flexibility index (Phi) is 3.94. The Bertz CT molecular complexity index is 712. The van der Waals surface area contributed by atoms with Gasteiger partial charge in [-0.05, 0) is 30.3 Å². The van der Waals surface area contributed by atoms with Gasteiger partial charge in [0.1, 0.15) is 11.6 Å². The molecular weight excluding hydrogens is 281 g/mol. The molecule has 0 unspecified atom stereocenters. The molecule has 0 atom stereocenters. The van der Waals surface area contributed by atoms with Gasteiger partial charge in [-0.25, -0.2) is 12.8 Å². The summed E-state index contributed by atoms with van der Waals surface area (Å²) in [6.07, 6.45) is 0. The van der Waals surface area contributed by atoms with Crippen molar-refractivity contribution in [2.24, 2.45) is 0 Å². The van der Waals surface area contributed by atoms with Crippen molar-refractivity contribution in [3.05, 3.63) is 53.8 Å². The summed E-state index contributed by atoms with van der Waals surface area (Å²) in [4.78, 5) is 0.0674. The highest BCUT2D eigenvalue weighted by molar-refractivity contribution is 7.90. The van der Waals surface area contributed by atoms with Crippen LogP contribution in [0.15, 0.2) is 47.4 Å². The van der Waals surface area contributed by atoms with Crippen molar-refractivity contribution < 1.29 is 17.5 Å². The van der Waals surface area contributed by atoms with Gasteiger partial charge < -0.3 is 10.5 Å². The summed E-state index contributed by atoms with van der Waals surface area (Å²) in [7, 11) is -2.12. The highest BCUT2D eigenvalue weighted by Crippen LogP contribution is 2.26. The third-order valence-corrected chi connectivity index (χ3v) is 4.51. The lowest BCUT2D eigenvalue weighted by molar-refractivity contribution is 0.411. The van der Waals surface area contributed by atoms with Crippen LogP contribution in [0.25, 0.3) is 0 Å². The van der Waals surface area contributed by atoms with Crippen molar-refractivity contribution in [2.75, 3.05) is 12.8 Å². The number of methoxy groups -OCH3 is 1. The van der Waals surface area contributed by atoms with Crippen molar-refractivity contribution in [3.63, 3.8) is 0 Å². The lowest BCUT2D eigenvalue weighted by Gasteiger charge is -2.10. The molecule has 0 aliphatic carbocycles. The lowest BCUT2D eigenvalue weighted by atomic mass is 10.2. The van der Waals surface area contributed by atoms with Crippen LogP contribution in [0.2, 0.25) is 0 Å². The van der Waals surface area contributed by atoms with Crippen molar-refractivity contribution in [1.82, 2.24) is 0 Å². The third kappa shape index (κ3) is 3.08. The number of ether oxygens (including phenoxy) is 1. The zero-order valence-corrected chi connectivity index (χ0v) is 11.7. The van der Waals surface area contributed by atoms with Crippen LogP contribution in [0, 0.1) is 5.82 Å². The molecule has 2 N–H and O–H groups in total. The minimum atomic E-state index is -3.56. The van der Waals surface area contributed by atoms with E-state index in [1.165, 1.54) is 19.2 Å².